The topological polar surface area (TPSA) is 26.3 Å². The number of unbranched alkanes of at least 4 members (excludes halogenated alkanes) is 3. The lowest BCUT2D eigenvalue weighted by molar-refractivity contribution is 0.0322. The van der Waals surface area contributed by atoms with Crippen molar-refractivity contribution in [3.8, 4) is 0 Å². The average Bonchev–Trinajstić information content (AvgIpc) is 2.69. The molecule has 4 rings (SSSR count). The molecule has 4 aromatic rings. The maximum Gasteiger partial charge on any atom is 0.339 e. The fourth-order valence-electron chi connectivity index (χ4n) is 4.08. The molecule has 0 saturated heterocycles. The minimum absolute atomic E-state index is 0.0482. The van der Waals surface area contributed by atoms with Crippen LogP contribution in [0.25, 0.3) is 32.3 Å². The lowest BCUT2D eigenvalue weighted by Crippen LogP contribution is -2.15. The van der Waals surface area contributed by atoms with Gasteiger partial charge in [-0.1, -0.05) is 74.7 Å². The van der Waals surface area contributed by atoms with Crippen molar-refractivity contribution in [2.45, 2.75) is 52.1 Å². The summed E-state index contributed by atoms with van der Waals surface area (Å²) in [5.41, 5.74) is 0.668. The molecule has 0 heterocycles. The summed E-state index contributed by atoms with van der Waals surface area (Å²) < 4.78 is 5.77. The number of hydrogen-bond acceptors (Lipinski definition) is 2. The van der Waals surface area contributed by atoms with Crippen LogP contribution < -0.4 is 0 Å². The molecule has 138 valence electrons. The molecule has 0 aliphatic heterocycles. The van der Waals surface area contributed by atoms with Crippen LogP contribution in [0.5, 0.6) is 0 Å². The predicted molar refractivity (Wildman–Crippen MR) is 114 cm³/mol. The maximum absolute atomic E-state index is 12.9. The quantitative estimate of drug-likeness (QED) is 0.200. The van der Waals surface area contributed by atoms with Gasteiger partial charge >= 0.3 is 5.97 Å². The fraction of sp³-hybridized carbons (Fsp3) is 0.320. The molecule has 0 radical (unpaired) electrons. The zero-order valence-corrected chi connectivity index (χ0v) is 16.1. The van der Waals surface area contributed by atoms with Crippen molar-refractivity contribution in [3.05, 3.63) is 60.2 Å². The highest BCUT2D eigenvalue weighted by molar-refractivity contribution is 6.25. The van der Waals surface area contributed by atoms with Crippen LogP contribution in [0.1, 0.15) is 56.3 Å². The maximum atomic E-state index is 12.9. The van der Waals surface area contributed by atoms with Crippen LogP contribution in [-0.4, -0.2) is 12.1 Å². The van der Waals surface area contributed by atoms with E-state index in [4.69, 9.17) is 4.74 Å². The first-order chi connectivity index (χ1) is 13.2. The third kappa shape index (κ3) is 3.37. The summed E-state index contributed by atoms with van der Waals surface area (Å²) in [5.74, 6) is -0.212. The van der Waals surface area contributed by atoms with Gasteiger partial charge in [0.1, 0.15) is 0 Å². The molecule has 27 heavy (non-hydrogen) atoms. The highest BCUT2D eigenvalue weighted by Gasteiger charge is 2.17. The largest absolute Gasteiger partial charge is 0.459 e. The molecule has 4 aromatic carbocycles. The Labute approximate surface area is 160 Å². The van der Waals surface area contributed by atoms with E-state index in [1.807, 2.05) is 19.1 Å². The molecule has 0 amide bonds. The molecular formula is C25H26O2. The third-order valence-electron chi connectivity index (χ3n) is 5.52. The third-order valence-corrected chi connectivity index (χ3v) is 5.52. The lowest BCUT2D eigenvalue weighted by Gasteiger charge is -2.16. The minimum Gasteiger partial charge on any atom is -0.459 e. The first-order valence-electron chi connectivity index (χ1n) is 10.1. The number of hydrogen-bond donors (Lipinski definition) is 0. The summed E-state index contributed by atoms with van der Waals surface area (Å²) in [6.07, 6.45) is 5.66. The monoisotopic (exact) mass is 358 g/mol. The minimum atomic E-state index is -0.212. The summed E-state index contributed by atoms with van der Waals surface area (Å²) in [6.45, 7) is 4.21. The van der Waals surface area contributed by atoms with Gasteiger partial charge in [0.2, 0.25) is 0 Å². The van der Waals surface area contributed by atoms with E-state index in [-0.39, 0.29) is 12.1 Å². The van der Waals surface area contributed by atoms with Crippen LogP contribution in [0.3, 0.4) is 0 Å². The van der Waals surface area contributed by atoms with Crippen LogP contribution >= 0.6 is 0 Å². The second-order valence-electron chi connectivity index (χ2n) is 7.53. The number of rotatable bonds is 7. The van der Waals surface area contributed by atoms with E-state index in [9.17, 15) is 4.79 Å². The fourth-order valence-corrected chi connectivity index (χ4v) is 4.08. The van der Waals surface area contributed by atoms with Crippen LogP contribution in [0.4, 0.5) is 0 Å². The van der Waals surface area contributed by atoms with Crippen molar-refractivity contribution >= 4 is 38.3 Å². The van der Waals surface area contributed by atoms with Gasteiger partial charge in [-0.25, -0.2) is 4.79 Å². The molecular weight excluding hydrogens is 332 g/mol. The highest BCUT2D eigenvalue weighted by atomic mass is 16.5. The van der Waals surface area contributed by atoms with Crippen molar-refractivity contribution in [2.24, 2.45) is 0 Å². The van der Waals surface area contributed by atoms with E-state index >= 15 is 0 Å². The molecule has 0 unspecified atom stereocenters. The molecule has 0 spiro atoms. The standard InChI is InChI=1S/C25H26O2/c1-3-4-5-6-8-17(2)27-25(26)22-16-14-20-12-11-18-9-7-10-19-13-15-21(22)24(20)23(18)19/h7,9-17H,3-6,8H2,1-2H3/t17-/m0/s1. The lowest BCUT2D eigenvalue weighted by atomic mass is 9.92. The molecule has 0 aromatic heterocycles. The van der Waals surface area contributed by atoms with Gasteiger partial charge in [-0.2, -0.15) is 0 Å². The predicted octanol–water partition coefficient (Wildman–Crippen LogP) is 7.10. The molecule has 2 heteroatoms. The van der Waals surface area contributed by atoms with Crippen LogP contribution in [-0.2, 0) is 4.74 Å². The SMILES string of the molecule is CCCCCC[C@H](C)OC(=O)c1ccc2ccc3cccc4ccc1c2c34. The second kappa shape index (κ2) is 7.56. The van der Waals surface area contributed by atoms with Crippen LogP contribution in [0, 0.1) is 0 Å². The van der Waals surface area contributed by atoms with E-state index in [1.54, 1.807) is 0 Å². The van der Waals surface area contributed by atoms with E-state index in [0.717, 1.165) is 23.6 Å². The van der Waals surface area contributed by atoms with Gasteiger partial charge in [-0.15, -0.1) is 0 Å². The Kier molecular flexibility index (Phi) is 4.98. The molecule has 0 saturated carbocycles. The molecule has 2 nitrogen and oxygen atoms in total. The van der Waals surface area contributed by atoms with Crippen LogP contribution in [0.2, 0.25) is 0 Å². The Balaban J connectivity index is 1.67. The van der Waals surface area contributed by atoms with Gasteiger partial charge in [0.25, 0.3) is 0 Å². The van der Waals surface area contributed by atoms with E-state index in [0.29, 0.717) is 5.56 Å². The van der Waals surface area contributed by atoms with Crippen molar-refractivity contribution in [1.29, 1.82) is 0 Å². The Hall–Kier alpha value is -2.61. The molecule has 1 atom stereocenters. The molecule has 0 fully saturated rings. The highest BCUT2D eigenvalue weighted by Crippen LogP contribution is 2.36. The average molecular weight is 358 g/mol. The first-order valence-corrected chi connectivity index (χ1v) is 10.1. The summed E-state index contributed by atoms with van der Waals surface area (Å²) in [4.78, 5) is 12.9. The number of carbonyl (C=O) groups is 1. The Morgan fingerprint density at radius 3 is 2.26 bits per heavy atom. The second-order valence-corrected chi connectivity index (χ2v) is 7.53. The molecule has 0 bridgehead atoms. The van der Waals surface area contributed by atoms with Gasteiger partial charge in [-0.05, 0) is 58.1 Å². The number of esters is 1. The van der Waals surface area contributed by atoms with E-state index < -0.39 is 0 Å². The Morgan fingerprint density at radius 1 is 0.852 bits per heavy atom. The summed E-state index contributed by atoms with van der Waals surface area (Å²) in [6, 6.07) is 18.7. The normalized spacial score (nSPS) is 12.8. The van der Waals surface area contributed by atoms with Crippen molar-refractivity contribution in [2.75, 3.05) is 0 Å². The van der Waals surface area contributed by atoms with Crippen molar-refractivity contribution < 1.29 is 9.53 Å². The van der Waals surface area contributed by atoms with Gasteiger partial charge in [0.15, 0.2) is 0 Å². The van der Waals surface area contributed by atoms with Gasteiger partial charge in [-0.3, -0.25) is 0 Å². The van der Waals surface area contributed by atoms with Gasteiger partial charge < -0.3 is 4.74 Å². The molecule has 0 aliphatic rings. The summed E-state index contributed by atoms with van der Waals surface area (Å²) in [5, 5.41) is 6.96. The van der Waals surface area contributed by atoms with E-state index in [2.05, 4.69) is 49.4 Å². The van der Waals surface area contributed by atoms with Crippen molar-refractivity contribution in [3.63, 3.8) is 0 Å². The van der Waals surface area contributed by atoms with E-state index in [1.165, 1.54) is 40.8 Å². The molecule has 0 aliphatic carbocycles. The summed E-state index contributed by atoms with van der Waals surface area (Å²) in [7, 11) is 0. The summed E-state index contributed by atoms with van der Waals surface area (Å²) >= 11 is 0. The number of benzene rings is 4. The zero-order chi connectivity index (χ0) is 18.8. The van der Waals surface area contributed by atoms with Crippen LogP contribution in [0.15, 0.2) is 54.6 Å². The Morgan fingerprint density at radius 2 is 1.52 bits per heavy atom. The smallest absolute Gasteiger partial charge is 0.339 e. The zero-order valence-electron chi connectivity index (χ0n) is 16.1. The Bertz CT molecular complexity index is 1060. The van der Waals surface area contributed by atoms with Gasteiger partial charge in [0.05, 0.1) is 11.7 Å². The number of ether oxygens (including phenoxy) is 1. The number of carbonyl (C=O) groups excluding carboxylic acids is 1. The van der Waals surface area contributed by atoms with Crippen molar-refractivity contribution in [1.82, 2.24) is 0 Å². The van der Waals surface area contributed by atoms with Gasteiger partial charge in [0, 0.05) is 0 Å². The molecule has 0 N–H and O–H groups in total. The first kappa shape index (κ1) is 17.8.